The molecular formula is C43H40N8. The van der Waals surface area contributed by atoms with Crippen molar-refractivity contribution >= 4 is 35.2 Å². The van der Waals surface area contributed by atoms with Gasteiger partial charge in [-0.3, -0.25) is 0 Å². The Balaban J connectivity index is 1.62. The van der Waals surface area contributed by atoms with Gasteiger partial charge in [0.15, 0.2) is 0 Å². The maximum absolute atomic E-state index is 9.31. The van der Waals surface area contributed by atoms with E-state index in [9.17, 15) is 10.5 Å². The first-order valence-electron chi connectivity index (χ1n) is 16.6. The molecule has 4 rings (SSSR count). The van der Waals surface area contributed by atoms with Gasteiger partial charge in [-0.2, -0.15) is 40.7 Å². The monoisotopic (exact) mass is 668 g/mol. The highest BCUT2D eigenvalue weighted by Gasteiger charge is 2.29. The lowest BCUT2D eigenvalue weighted by molar-refractivity contribution is 0.511. The van der Waals surface area contributed by atoms with Crippen LogP contribution in [0.4, 0.5) is 11.4 Å². The minimum Gasteiger partial charge on any atom is -0.192 e. The van der Waals surface area contributed by atoms with Crippen LogP contribution < -0.4 is 20.9 Å². The predicted molar refractivity (Wildman–Crippen MR) is 203 cm³/mol. The summed E-state index contributed by atoms with van der Waals surface area (Å²) in [5, 5.41) is 39.4. The minimum atomic E-state index is -0.239. The Kier molecular flexibility index (Phi) is 11.9. The number of hydrogen-bond donors (Lipinski definition) is 0. The Morgan fingerprint density at radius 3 is 1.43 bits per heavy atom. The van der Waals surface area contributed by atoms with E-state index in [-0.39, 0.29) is 16.8 Å². The molecule has 0 saturated heterocycles. The zero-order chi connectivity index (χ0) is 37.3. The molecule has 0 aliphatic heterocycles. The molecule has 0 spiro atoms. The Labute approximate surface area is 300 Å². The lowest BCUT2D eigenvalue weighted by atomic mass is 9.72. The summed E-state index contributed by atoms with van der Waals surface area (Å²) in [4.78, 5) is 6.75. The fourth-order valence-electron chi connectivity index (χ4n) is 6.66. The molecule has 4 aromatic carbocycles. The molecule has 0 amide bonds. The van der Waals surface area contributed by atoms with Crippen LogP contribution >= 0.6 is 0 Å². The number of hydrogen-bond acceptors (Lipinski definition) is 6. The molecule has 0 N–H and O–H groups in total. The van der Waals surface area contributed by atoms with Crippen molar-refractivity contribution in [3.8, 4) is 12.1 Å². The van der Waals surface area contributed by atoms with Crippen LogP contribution in [0.15, 0.2) is 81.1 Å². The van der Waals surface area contributed by atoms with E-state index in [1.54, 1.807) is 12.4 Å². The highest BCUT2D eigenvalue weighted by molar-refractivity contribution is 5.74. The number of benzene rings is 4. The van der Waals surface area contributed by atoms with Crippen molar-refractivity contribution in [3.63, 3.8) is 0 Å². The predicted octanol–water partition coefficient (Wildman–Crippen LogP) is 8.79. The Hall–Kier alpha value is -6.48. The standard InChI is InChI=1S/C43H40N8/c1-11-16-43(8,36-12-14-38(27(2)21-36)50-48-25-33-17-29(4)40(30(5)18-33)35(23-44)24-45)37-13-15-39(28(3)22-37)51-49-26-34-19-31(6)41(32(7)20-34)42(46-9)47-10/h12-15,17-22,25-26H,11,16H2,1-8H3. The lowest BCUT2D eigenvalue weighted by Gasteiger charge is -2.32. The average Bonchev–Trinajstić information content (AvgIpc) is 3.09. The molecule has 0 radical (unpaired) electrons. The summed E-state index contributed by atoms with van der Waals surface area (Å²) in [6.07, 6.45) is 5.35. The molecule has 0 saturated carbocycles. The first-order valence-corrected chi connectivity index (χ1v) is 16.6. The molecule has 4 aromatic rings. The second-order valence-corrected chi connectivity index (χ2v) is 13.0. The van der Waals surface area contributed by atoms with Gasteiger partial charge >= 0.3 is 5.82 Å². The second-order valence-electron chi connectivity index (χ2n) is 13.0. The van der Waals surface area contributed by atoms with Crippen molar-refractivity contribution in [3.05, 3.63) is 149 Å². The van der Waals surface area contributed by atoms with Gasteiger partial charge in [0.1, 0.15) is 30.9 Å². The van der Waals surface area contributed by atoms with Crippen molar-refractivity contribution in [1.29, 1.82) is 10.5 Å². The van der Waals surface area contributed by atoms with Gasteiger partial charge in [0.05, 0.1) is 29.0 Å². The molecule has 0 bridgehead atoms. The summed E-state index contributed by atoms with van der Waals surface area (Å²) in [6.45, 7) is 30.7. The molecule has 0 aliphatic rings. The quantitative estimate of drug-likeness (QED) is 0.138. The largest absolute Gasteiger partial charge is 0.527 e. The van der Waals surface area contributed by atoms with Gasteiger partial charge in [0.25, 0.3) is 0 Å². The number of azo groups is 2. The molecular weight excluding hydrogens is 629 g/mol. The van der Waals surface area contributed by atoms with Crippen LogP contribution in [0, 0.1) is 77.3 Å². The number of nitriles is 2. The highest BCUT2D eigenvalue weighted by Crippen LogP contribution is 2.39. The number of rotatable bonds is 8. The van der Waals surface area contributed by atoms with Crippen LogP contribution in [-0.2, 0) is 5.41 Å². The number of aryl methyl sites for hydroxylation is 6. The van der Waals surface area contributed by atoms with E-state index in [4.69, 9.17) is 13.1 Å². The van der Waals surface area contributed by atoms with Gasteiger partial charge in [0.2, 0.25) is 0 Å². The Morgan fingerprint density at radius 1 is 0.667 bits per heavy atom. The second kappa shape index (κ2) is 16.3. The fourth-order valence-corrected chi connectivity index (χ4v) is 6.66. The van der Waals surface area contributed by atoms with Gasteiger partial charge in [-0.1, -0.05) is 56.7 Å². The molecule has 1 unspecified atom stereocenters. The van der Waals surface area contributed by atoms with Crippen LogP contribution in [0.1, 0.15) is 71.2 Å². The van der Waals surface area contributed by atoms with Gasteiger partial charge in [-0.25, -0.2) is 0 Å². The van der Waals surface area contributed by atoms with Crippen LogP contribution in [0.5, 0.6) is 0 Å². The van der Waals surface area contributed by atoms with Gasteiger partial charge in [-0.15, -0.1) is 0 Å². The SMILES string of the molecule is [C-]#[N+]C([N+]#[C-])=c1c(C)cc(=CN=Nc2ccc(C(C)(CCC)c3ccc(N=NC=c4cc(C)c(=C(C#N)C#N)c(C)c4)c(C)c3)cc2C)cc1C. The molecule has 1 atom stereocenters. The molecule has 0 fully saturated rings. The topological polar surface area (TPSA) is 106 Å². The van der Waals surface area contributed by atoms with E-state index >= 15 is 0 Å². The zero-order valence-electron chi connectivity index (χ0n) is 30.4. The summed E-state index contributed by atoms with van der Waals surface area (Å²) in [7, 11) is 0. The van der Waals surface area contributed by atoms with Crippen molar-refractivity contribution in [2.45, 2.75) is 73.6 Å². The van der Waals surface area contributed by atoms with E-state index in [0.29, 0.717) is 10.4 Å². The summed E-state index contributed by atoms with van der Waals surface area (Å²) in [6, 6.07) is 24.3. The van der Waals surface area contributed by atoms with Crippen LogP contribution in [0.3, 0.4) is 0 Å². The molecule has 0 aromatic heterocycles. The normalized spacial score (nSPS) is 12.0. The highest BCUT2D eigenvalue weighted by atomic mass is 15.1. The van der Waals surface area contributed by atoms with Crippen LogP contribution in [0.25, 0.3) is 33.5 Å². The molecule has 252 valence electrons. The number of nitrogens with zero attached hydrogens (tertiary/aromatic N) is 8. The molecule has 8 nitrogen and oxygen atoms in total. The molecule has 0 aliphatic carbocycles. The van der Waals surface area contributed by atoms with E-state index in [2.05, 4.69) is 68.3 Å². The van der Waals surface area contributed by atoms with Crippen LogP contribution in [-0.4, -0.2) is 0 Å². The van der Waals surface area contributed by atoms with Crippen molar-refractivity contribution in [1.82, 2.24) is 0 Å². The molecule has 51 heavy (non-hydrogen) atoms. The van der Waals surface area contributed by atoms with E-state index in [0.717, 1.165) is 68.0 Å². The fraction of sp³-hybridized carbons (Fsp3) is 0.256. The first kappa shape index (κ1) is 37.3. The van der Waals surface area contributed by atoms with Gasteiger partial charge in [-0.05, 0) is 127 Å². The first-order chi connectivity index (χ1) is 24.4. The van der Waals surface area contributed by atoms with Crippen molar-refractivity contribution in [2.75, 3.05) is 0 Å². The zero-order valence-corrected chi connectivity index (χ0v) is 30.4. The van der Waals surface area contributed by atoms with Crippen molar-refractivity contribution < 1.29 is 0 Å². The van der Waals surface area contributed by atoms with Crippen LogP contribution in [0.2, 0.25) is 0 Å². The van der Waals surface area contributed by atoms with E-state index in [1.807, 2.05) is 90.1 Å². The van der Waals surface area contributed by atoms with Gasteiger partial charge in [0, 0.05) is 10.6 Å². The third kappa shape index (κ3) is 8.22. The van der Waals surface area contributed by atoms with E-state index < -0.39 is 0 Å². The van der Waals surface area contributed by atoms with Crippen molar-refractivity contribution in [2.24, 2.45) is 20.5 Å². The minimum absolute atomic E-state index is 0.0771. The Morgan fingerprint density at radius 2 is 1.08 bits per heavy atom. The maximum atomic E-state index is 9.31. The van der Waals surface area contributed by atoms with Gasteiger partial charge < -0.3 is 0 Å². The maximum Gasteiger partial charge on any atom is 0.527 e. The smallest absolute Gasteiger partial charge is 0.192 e. The summed E-state index contributed by atoms with van der Waals surface area (Å²) < 4.78 is 0. The summed E-state index contributed by atoms with van der Waals surface area (Å²) in [5.74, 6) is 0.0771. The summed E-state index contributed by atoms with van der Waals surface area (Å²) in [5.41, 5.74) is 9.27. The third-order valence-corrected chi connectivity index (χ3v) is 9.18. The summed E-state index contributed by atoms with van der Waals surface area (Å²) >= 11 is 0. The average molecular weight is 669 g/mol. The molecule has 8 heteroatoms. The Bertz CT molecular complexity index is 2250. The lowest BCUT2D eigenvalue weighted by Crippen LogP contribution is -2.23. The van der Waals surface area contributed by atoms with E-state index in [1.165, 1.54) is 11.1 Å². The third-order valence-electron chi connectivity index (χ3n) is 9.18. The molecule has 0 heterocycles.